The molecule has 404 valence electrons. The van der Waals surface area contributed by atoms with Gasteiger partial charge in [-0.3, -0.25) is 19.6 Å². The fourth-order valence-corrected chi connectivity index (χ4v) is 12.0. The number of carbonyl (C=O) groups is 2. The summed E-state index contributed by atoms with van der Waals surface area (Å²) in [5.41, 5.74) is 4.99. The van der Waals surface area contributed by atoms with E-state index in [1.54, 1.807) is 71.0 Å². The van der Waals surface area contributed by atoms with Gasteiger partial charge in [0.25, 0.3) is 6.47 Å². The number of likely N-dealkylation sites (N-methyl/N-ethyl adjacent to an activating group) is 3. The molecule has 2 aliphatic heterocycles. The van der Waals surface area contributed by atoms with E-state index in [2.05, 4.69) is 42.0 Å². The first-order valence-corrected chi connectivity index (χ1v) is 27.4. The standard InChI is InChI=1S/C26H38N4O5S.C14H21NO6S.C12H19N3/c1-20-16-24(34-5)17-21(2)26(20)36(32,33)29(4)14-15-35-19-25(31)28(3)18-22-8-12-30(13-9-22)23-6-10-27-11-7-23;1-11-7-13(19-4)8-12(2)14(11)22(17,18)15(3)5-6-20-10-21-9-16;1-13-10-11-4-8-15(9-5-11)12-2-6-14-7-3-12/h6-7,10-11,16-17,22H,8-9,12-15,18-19H2,1-5H3;7-9H,5-6,10H2,1-4H3;2-3,6-7,11,13H,4-5,8-10H2,1H3. The van der Waals surface area contributed by atoms with Crippen molar-refractivity contribution in [3.63, 3.8) is 0 Å². The van der Waals surface area contributed by atoms with Gasteiger partial charge in [0.05, 0.1) is 37.2 Å². The van der Waals surface area contributed by atoms with E-state index in [4.69, 9.17) is 18.9 Å². The molecule has 1 N–H and O–H groups in total. The number of hydrogen-bond donors (Lipinski definition) is 1. The molecule has 0 aliphatic carbocycles. The number of carbonyl (C=O) groups excluding carboxylic acids is 2. The number of aromatic nitrogens is 2. The molecule has 2 saturated heterocycles. The minimum Gasteiger partial charge on any atom is -0.497 e. The molecule has 0 radical (unpaired) electrons. The van der Waals surface area contributed by atoms with E-state index in [1.165, 1.54) is 67.1 Å². The number of methoxy groups -OCH3 is 2. The molecule has 0 saturated carbocycles. The monoisotopic (exact) mass is 1050 g/mol. The number of nitrogens with zero attached hydrogens (tertiary/aromatic N) is 7. The maximum atomic E-state index is 13.1. The van der Waals surface area contributed by atoms with Crippen LogP contribution in [0.25, 0.3) is 0 Å². The highest BCUT2D eigenvalue weighted by atomic mass is 32.2. The number of ether oxygens (including phenoxy) is 5. The summed E-state index contributed by atoms with van der Waals surface area (Å²) >= 11 is 0. The number of benzene rings is 2. The number of hydrogen-bond acceptors (Lipinski definition) is 16. The largest absolute Gasteiger partial charge is 0.497 e. The van der Waals surface area contributed by atoms with Crippen LogP contribution in [-0.4, -0.2) is 174 Å². The zero-order chi connectivity index (χ0) is 53.6. The van der Waals surface area contributed by atoms with Gasteiger partial charge >= 0.3 is 0 Å². The molecule has 6 rings (SSSR count). The minimum absolute atomic E-state index is 0.0686. The Morgan fingerprint density at radius 2 is 1.07 bits per heavy atom. The van der Waals surface area contributed by atoms with Gasteiger partial charge in [0.1, 0.15) is 18.1 Å². The molecule has 0 bridgehead atoms. The van der Waals surface area contributed by atoms with E-state index < -0.39 is 20.0 Å². The summed E-state index contributed by atoms with van der Waals surface area (Å²) in [5, 5.41) is 3.26. The maximum Gasteiger partial charge on any atom is 0.295 e. The second-order valence-corrected chi connectivity index (χ2v) is 22.2. The Morgan fingerprint density at radius 3 is 1.45 bits per heavy atom. The molecular weight excluding hydrogens is 977 g/mol. The third-order valence-electron chi connectivity index (χ3n) is 13.0. The smallest absolute Gasteiger partial charge is 0.295 e. The van der Waals surface area contributed by atoms with Crippen LogP contribution in [0.1, 0.15) is 47.9 Å². The molecule has 19 nitrogen and oxygen atoms in total. The van der Waals surface area contributed by atoms with E-state index >= 15 is 0 Å². The molecule has 2 aromatic heterocycles. The number of pyridine rings is 2. The van der Waals surface area contributed by atoms with E-state index in [9.17, 15) is 26.4 Å². The minimum atomic E-state index is -3.69. The fourth-order valence-electron chi connectivity index (χ4n) is 8.87. The van der Waals surface area contributed by atoms with Crippen LogP contribution < -0.4 is 24.6 Å². The number of rotatable bonds is 23. The van der Waals surface area contributed by atoms with Crippen molar-refractivity contribution in [2.24, 2.45) is 11.8 Å². The summed E-state index contributed by atoms with van der Waals surface area (Å²) in [6.07, 6.45) is 12.0. The Bertz CT molecular complexity index is 2480. The van der Waals surface area contributed by atoms with Gasteiger partial charge in [-0.1, -0.05) is 0 Å². The van der Waals surface area contributed by atoms with Crippen molar-refractivity contribution < 1.29 is 50.1 Å². The summed E-state index contributed by atoms with van der Waals surface area (Å²) in [7, 11) is 2.60. The number of aryl methyl sites for hydroxylation is 4. The molecule has 1 amide bonds. The van der Waals surface area contributed by atoms with Gasteiger partial charge in [-0.25, -0.2) is 16.8 Å². The lowest BCUT2D eigenvalue weighted by Gasteiger charge is -2.35. The van der Waals surface area contributed by atoms with Crippen LogP contribution in [0.5, 0.6) is 11.5 Å². The van der Waals surface area contributed by atoms with Crippen molar-refractivity contribution in [3.05, 3.63) is 95.6 Å². The number of sulfonamides is 2. The van der Waals surface area contributed by atoms with Gasteiger partial charge in [-0.15, -0.1) is 0 Å². The molecule has 2 aliphatic rings. The van der Waals surface area contributed by atoms with Crippen LogP contribution in [0.3, 0.4) is 0 Å². The van der Waals surface area contributed by atoms with E-state index in [-0.39, 0.29) is 61.9 Å². The first kappa shape index (κ1) is 60.1. The molecule has 4 aromatic rings. The third kappa shape index (κ3) is 18.2. The molecule has 2 aromatic carbocycles. The second kappa shape index (κ2) is 30.1. The van der Waals surface area contributed by atoms with Crippen molar-refractivity contribution in [2.75, 3.05) is 131 Å². The topological polar surface area (TPSA) is 203 Å². The average molecular weight is 1060 g/mol. The summed E-state index contributed by atoms with van der Waals surface area (Å²) in [6, 6.07) is 15.0. The Balaban J connectivity index is 0.000000264. The predicted octanol–water partition coefficient (Wildman–Crippen LogP) is 5.32. The zero-order valence-electron chi connectivity index (χ0n) is 44.4. The number of nitrogens with one attached hydrogen (secondary N) is 1. The number of piperidine rings is 2. The van der Waals surface area contributed by atoms with Gasteiger partial charge in [0.15, 0.2) is 6.79 Å². The van der Waals surface area contributed by atoms with Gasteiger partial charge in [0.2, 0.25) is 26.0 Å². The quantitative estimate of drug-likeness (QED) is 0.0568. The maximum absolute atomic E-state index is 13.1. The van der Waals surface area contributed by atoms with Crippen LogP contribution in [0.4, 0.5) is 11.4 Å². The van der Waals surface area contributed by atoms with E-state index in [0.29, 0.717) is 46.2 Å². The molecule has 0 spiro atoms. The van der Waals surface area contributed by atoms with Gasteiger partial charge in [-0.2, -0.15) is 8.61 Å². The Hall–Kier alpha value is -5.42. The van der Waals surface area contributed by atoms with Crippen LogP contribution >= 0.6 is 0 Å². The number of amides is 1. The van der Waals surface area contributed by atoms with E-state index in [1.807, 2.05) is 44.0 Å². The molecule has 0 unspecified atom stereocenters. The molecular formula is C52H78N8O11S2. The molecule has 0 atom stereocenters. The van der Waals surface area contributed by atoms with Crippen LogP contribution in [0, 0.1) is 39.5 Å². The summed E-state index contributed by atoms with van der Waals surface area (Å²) in [4.78, 5) is 37.7. The van der Waals surface area contributed by atoms with Gasteiger partial charge in [-0.05, 0) is 150 Å². The normalized spacial score (nSPS) is 14.5. The molecule has 4 heterocycles. The highest BCUT2D eigenvalue weighted by Gasteiger charge is 2.28. The predicted molar refractivity (Wildman–Crippen MR) is 283 cm³/mol. The van der Waals surface area contributed by atoms with E-state index in [0.717, 1.165) is 38.4 Å². The Kier molecular flexibility index (Phi) is 24.8. The highest BCUT2D eigenvalue weighted by molar-refractivity contribution is 7.89. The van der Waals surface area contributed by atoms with Crippen molar-refractivity contribution in [2.45, 2.75) is 63.2 Å². The lowest BCUT2D eigenvalue weighted by atomic mass is 9.96. The highest BCUT2D eigenvalue weighted by Crippen LogP contribution is 2.30. The van der Waals surface area contributed by atoms with Gasteiger partial charge in [0, 0.05) is 103 Å². The van der Waals surface area contributed by atoms with Crippen LogP contribution in [0.15, 0.2) is 83.1 Å². The summed E-state index contributed by atoms with van der Waals surface area (Å²) < 4.78 is 79.2. The first-order chi connectivity index (χ1) is 34.9. The van der Waals surface area contributed by atoms with Crippen molar-refractivity contribution in [1.29, 1.82) is 0 Å². The SMILES string of the molecule is CNCC1CCN(c2ccncc2)CC1.COc1cc(C)c(S(=O)(=O)N(C)CCOCC(=O)N(C)CC2CCN(c3ccncc3)CC2)c(C)c1.COc1cc(C)c(S(=O)(=O)N(C)CCOCOC=O)c(C)c1. The van der Waals surface area contributed by atoms with Crippen molar-refractivity contribution in [1.82, 2.24) is 28.8 Å². The lowest BCUT2D eigenvalue weighted by molar-refractivity contribution is -0.140. The third-order valence-corrected chi connectivity index (χ3v) is 17.3. The van der Waals surface area contributed by atoms with Crippen molar-refractivity contribution >= 4 is 43.8 Å². The van der Waals surface area contributed by atoms with Crippen LogP contribution in [0.2, 0.25) is 0 Å². The average Bonchev–Trinajstić information content (AvgIpc) is 3.38. The first-order valence-electron chi connectivity index (χ1n) is 24.5. The lowest BCUT2D eigenvalue weighted by Crippen LogP contribution is -2.40. The molecule has 21 heteroatoms. The van der Waals surface area contributed by atoms with Crippen molar-refractivity contribution in [3.8, 4) is 11.5 Å². The summed E-state index contributed by atoms with van der Waals surface area (Å²) in [5.74, 6) is 2.44. The second-order valence-electron chi connectivity index (χ2n) is 18.3. The fraction of sp³-hybridized carbons (Fsp3) is 0.538. The van der Waals surface area contributed by atoms with Gasteiger partial charge < -0.3 is 43.7 Å². The molecule has 2 fully saturated rings. The zero-order valence-corrected chi connectivity index (χ0v) is 46.0. The molecule has 73 heavy (non-hydrogen) atoms. The Labute approximate surface area is 434 Å². The number of anilines is 2. The Morgan fingerprint density at radius 1 is 0.671 bits per heavy atom. The van der Waals surface area contributed by atoms with Crippen LogP contribution in [-0.2, 0) is 43.8 Å². The summed E-state index contributed by atoms with van der Waals surface area (Å²) in [6.45, 7) is 13.6.